The Kier molecular flexibility index (Phi) is 2.46. The molecule has 0 amide bonds. The number of halogens is 1. The van der Waals surface area contributed by atoms with E-state index in [0.717, 1.165) is 0 Å². The van der Waals surface area contributed by atoms with Crippen LogP contribution in [-0.4, -0.2) is 4.92 Å². The van der Waals surface area contributed by atoms with E-state index in [1.54, 1.807) is 12.1 Å². The lowest BCUT2D eigenvalue weighted by molar-refractivity contribution is -0.385. The Morgan fingerprint density at radius 1 is 1.58 bits per heavy atom. The van der Waals surface area contributed by atoms with Crippen LogP contribution in [0.15, 0.2) is 22.7 Å². The number of benzene rings is 1. The molecular formula is C8H4BrNO2. The predicted octanol–water partition coefficient (Wildman–Crippen LogP) is 2.34. The molecule has 0 saturated carbocycles. The minimum Gasteiger partial charge on any atom is -0.258 e. The van der Waals surface area contributed by atoms with Gasteiger partial charge in [0.2, 0.25) is 0 Å². The fraction of sp³-hybridized carbons (Fsp3) is 0. The van der Waals surface area contributed by atoms with E-state index in [1.807, 2.05) is 0 Å². The summed E-state index contributed by atoms with van der Waals surface area (Å²) < 4.78 is 0.569. The van der Waals surface area contributed by atoms with Crippen LogP contribution >= 0.6 is 15.9 Å². The maximum atomic E-state index is 10.4. The molecule has 0 saturated heterocycles. The first-order valence-electron chi connectivity index (χ1n) is 3.06. The summed E-state index contributed by atoms with van der Waals surface area (Å²) in [5.41, 5.74) is 0.231. The molecule has 0 aliphatic carbocycles. The van der Waals surface area contributed by atoms with Crippen molar-refractivity contribution in [3.8, 4) is 12.3 Å². The van der Waals surface area contributed by atoms with Crippen molar-refractivity contribution in [3.05, 3.63) is 38.3 Å². The maximum Gasteiger partial charge on any atom is 0.286 e. The van der Waals surface area contributed by atoms with E-state index >= 15 is 0 Å². The Morgan fingerprint density at radius 2 is 2.25 bits per heavy atom. The highest BCUT2D eigenvalue weighted by molar-refractivity contribution is 9.10. The Hall–Kier alpha value is -1.34. The monoisotopic (exact) mass is 225 g/mol. The van der Waals surface area contributed by atoms with Crippen LogP contribution < -0.4 is 0 Å². The smallest absolute Gasteiger partial charge is 0.258 e. The van der Waals surface area contributed by atoms with Gasteiger partial charge in [-0.15, -0.1) is 6.42 Å². The van der Waals surface area contributed by atoms with Gasteiger partial charge >= 0.3 is 0 Å². The normalized spacial score (nSPS) is 9.00. The number of nitro benzene ring substituents is 1. The van der Waals surface area contributed by atoms with Gasteiger partial charge in [0.05, 0.1) is 4.92 Å². The fourth-order valence-electron chi connectivity index (χ4n) is 0.808. The number of hydrogen-bond acceptors (Lipinski definition) is 2. The molecule has 0 aliphatic heterocycles. The summed E-state index contributed by atoms with van der Waals surface area (Å²) in [6.07, 6.45) is 5.10. The molecule has 0 radical (unpaired) electrons. The zero-order valence-corrected chi connectivity index (χ0v) is 7.54. The predicted molar refractivity (Wildman–Crippen MR) is 48.7 cm³/mol. The zero-order valence-electron chi connectivity index (χ0n) is 5.95. The van der Waals surface area contributed by atoms with Crippen LogP contribution in [0.1, 0.15) is 5.56 Å². The van der Waals surface area contributed by atoms with E-state index in [2.05, 4.69) is 21.9 Å². The minimum absolute atomic E-state index is 0.0492. The van der Waals surface area contributed by atoms with Gasteiger partial charge in [0, 0.05) is 10.5 Å². The molecule has 0 N–H and O–H groups in total. The van der Waals surface area contributed by atoms with Crippen molar-refractivity contribution in [1.29, 1.82) is 0 Å². The minimum atomic E-state index is -0.500. The Morgan fingerprint density at radius 3 is 2.67 bits per heavy atom. The summed E-state index contributed by atoms with van der Waals surface area (Å²) in [6.45, 7) is 0. The molecule has 0 fully saturated rings. The zero-order chi connectivity index (χ0) is 9.14. The number of nitro groups is 1. The third kappa shape index (κ3) is 1.46. The van der Waals surface area contributed by atoms with Crippen molar-refractivity contribution in [2.45, 2.75) is 0 Å². The number of hydrogen-bond donors (Lipinski definition) is 0. The molecule has 0 spiro atoms. The first kappa shape index (κ1) is 8.75. The van der Waals surface area contributed by atoms with E-state index in [4.69, 9.17) is 6.42 Å². The fourth-order valence-corrected chi connectivity index (χ4v) is 1.28. The number of nitrogens with zero attached hydrogens (tertiary/aromatic N) is 1. The average molecular weight is 226 g/mol. The summed E-state index contributed by atoms with van der Waals surface area (Å²) in [5.74, 6) is 2.26. The summed E-state index contributed by atoms with van der Waals surface area (Å²) >= 11 is 3.13. The van der Waals surface area contributed by atoms with Crippen LogP contribution in [0.2, 0.25) is 0 Å². The molecule has 0 heterocycles. The molecule has 3 nitrogen and oxygen atoms in total. The van der Waals surface area contributed by atoms with Crippen LogP contribution in [0.3, 0.4) is 0 Å². The van der Waals surface area contributed by atoms with Crippen molar-refractivity contribution in [2.75, 3.05) is 0 Å². The van der Waals surface area contributed by atoms with Gasteiger partial charge in [-0.25, -0.2) is 0 Å². The summed E-state index contributed by atoms with van der Waals surface area (Å²) in [4.78, 5) is 9.92. The van der Waals surface area contributed by atoms with Crippen molar-refractivity contribution in [2.24, 2.45) is 0 Å². The average Bonchev–Trinajstić information content (AvgIpc) is 2.03. The van der Waals surface area contributed by atoms with Crippen molar-refractivity contribution < 1.29 is 4.92 Å². The van der Waals surface area contributed by atoms with Crippen molar-refractivity contribution in [3.63, 3.8) is 0 Å². The summed E-state index contributed by atoms with van der Waals surface area (Å²) in [5, 5.41) is 10.4. The molecule has 0 unspecified atom stereocenters. The second-order valence-corrected chi connectivity index (χ2v) is 2.89. The molecule has 12 heavy (non-hydrogen) atoms. The molecule has 0 bridgehead atoms. The van der Waals surface area contributed by atoms with Crippen LogP contribution in [0.5, 0.6) is 0 Å². The number of terminal acetylenes is 1. The largest absolute Gasteiger partial charge is 0.286 e. The molecule has 4 heteroatoms. The van der Waals surface area contributed by atoms with Crippen LogP contribution in [-0.2, 0) is 0 Å². The van der Waals surface area contributed by atoms with E-state index in [-0.39, 0.29) is 11.3 Å². The van der Waals surface area contributed by atoms with Gasteiger partial charge in [0.1, 0.15) is 5.56 Å². The second kappa shape index (κ2) is 3.37. The molecule has 1 aromatic rings. The van der Waals surface area contributed by atoms with Crippen LogP contribution in [0, 0.1) is 22.5 Å². The van der Waals surface area contributed by atoms with Gasteiger partial charge in [0.15, 0.2) is 0 Å². The van der Waals surface area contributed by atoms with Crippen LogP contribution in [0.4, 0.5) is 5.69 Å². The Bertz CT molecular complexity index is 368. The molecule has 1 rings (SSSR count). The van der Waals surface area contributed by atoms with Gasteiger partial charge < -0.3 is 0 Å². The highest BCUT2D eigenvalue weighted by Gasteiger charge is 2.13. The van der Waals surface area contributed by atoms with Gasteiger partial charge in [-0.05, 0) is 22.0 Å². The molecule has 1 aromatic carbocycles. The standard InChI is InChI=1S/C8H4BrNO2/c1-2-6-7(9)4-3-5-8(6)10(11)12/h1,3-5H. The molecular weight excluding hydrogens is 222 g/mol. The molecule has 0 atom stereocenters. The van der Waals surface area contributed by atoms with Gasteiger partial charge in [-0.3, -0.25) is 10.1 Å². The van der Waals surface area contributed by atoms with Crippen molar-refractivity contribution in [1.82, 2.24) is 0 Å². The lowest BCUT2D eigenvalue weighted by atomic mass is 10.2. The van der Waals surface area contributed by atoms with E-state index < -0.39 is 4.92 Å². The van der Waals surface area contributed by atoms with Crippen LogP contribution in [0.25, 0.3) is 0 Å². The van der Waals surface area contributed by atoms with Gasteiger partial charge in [-0.2, -0.15) is 0 Å². The summed E-state index contributed by atoms with van der Waals surface area (Å²) in [7, 11) is 0. The summed E-state index contributed by atoms with van der Waals surface area (Å²) in [6, 6.07) is 4.62. The molecule has 60 valence electrons. The lowest BCUT2D eigenvalue weighted by Crippen LogP contribution is -1.92. The van der Waals surface area contributed by atoms with Crippen molar-refractivity contribution >= 4 is 21.6 Å². The molecule has 0 aliphatic rings. The lowest BCUT2D eigenvalue weighted by Gasteiger charge is -1.96. The van der Waals surface area contributed by atoms with Gasteiger partial charge in [0.25, 0.3) is 5.69 Å². The third-order valence-corrected chi connectivity index (χ3v) is 1.99. The molecule has 0 aromatic heterocycles. The first-order valence-corrected chi connectivity index (χ1v) is 3.85. The van der Waals surface area contributed by atoms with E-state index in [1.165, 1.54) is 6.07 Å². The second-order valence-electron chi connectivity index (χ2n) is 2.04. The Labute approximate surface area is 77.7 Å². The van der Waals surface area contributed by atoms with Gasteiger partial charge in [-0.1, -0.05) is 12.0 Å². The SMILES string of the molecule is C#Cc1c(Br)cccc1[N+](=O)[O-]. The maximum absolute atomic E-state index is 10.4. The highest BCUT2D eigenvalue weighted by Crippen LogP contribution is 2.24. The quantitative estimate of drug-likeness (QED) is 0.419. The third-order valence-electron chi connectivity index (χ3n) is 1.33. The first-order chi connectivity index (χ1) is 5.66. The number of rotatable bonds is 1. The Balaban J connectivity index is 3.40. The topological polar surface area (TPSA) is 43.1 Å². The van der Waals surface area contributed by atoms with E-state index in [0.29, 0.717) is 4.47 Å². The van der Waals surface area contributed by atoms with E-state index in [9.17, 15) is 10.1 Å². The highest BCUT2D eigenvalue weighted by atomic mass is 79.9.